The summed E-state index contributed by atoms with van der Waals surface area (Å²) in [6, 6.07) is 3.57. The van der Waals surface area contributed by atoms with Crippen LogP contribution in [0.25, 0.3) is 21.8 Å². The van der Waals surface area contributed by atoms with E-state index >= 15 is 0 Å². The van der Waals surface area contributed by atoms with Crippen LogP contribution in [0.1, 0.15) is 27.9 Å². The van der Waals surface area contributed by atoms with Crippen molar-refractivity contribution >= 4 is 33.4 Å². The second-order valence-corrected chi connectivity index (χ2v) is 6.48. The van der Waals surface area contributed by atoms with Crippen LogP contribution in [0, 0.1) is 13.8 Å². The number of nitrogens with one attached hydrogen (secondary N) is 2. The molecule has 3 heterocycles. The molecule has 3 rings (SSSR count). The van der Waals surface area contributed by atoms with Crippen molar-refractivity contribution in [1.29, 1.82) is 0 Å². The van der Waals surface area contributed by atoms with Crippen LogP contribution in [0.2, 0.25) is 0 Å². The molecule has 0 saturated carbocycles. The summed E-state index contributed by atoms with van der Waals surface area (Å²) in [7, 11) is 0. The van der Waals surface area contributed by atoms with Crippen LogP contribution in [0.4, 0.5) is 0 Å². The molecule has 25 heavy (non-hydrogen) atoms. The molecule has 0 bridgehead atoms. The molecule has 8 heteroatoms. The van der Waals surface area contributed by atoms with E-state index in [1.165, 1.54) is 11.3 Å². The Kier molecular flexibility index (Phi) is 4.80. The number of aromatic nitrogens is 2. The molecule has 2 N–H and O–H groups in total. The number of fused-ring (bicyclic) bond motifs is 1. The Hall–Kier alpha value is -2.74. The first-order valence-corrected chi connectivity index (χ1v) is 8.69. The van der Waals surface area contributed by atoms with E-state index in [1.54, 1.807) is 18.4 Å². The fraction of sp³-hybridized carbons (Fsp3) is 0.294. The van der Waals surface area contributed by atoms with Crippen LogP contribution in [-0.4, -0.2) is 34.9 Å². The second-order valence-electron chi connectivity index (χ2n) is 5.48. The molecule has 0 unspecified atom stereocenters. The molecule has 0 aliphatic heterocycles. The van der Waals surface area contributed by atoms with Crippen molar-refractivity contribution in [3.8, 4) is 11.6 Å². The summed E-state index contributed by atoms with van der Waals surface area (Å²) >= 11 is 1.29. The summed E-state index contributed by atoms with van der Waals surface area (Å²) in [5, 5.41) is 6.15. The number of likely N-dealkylation sites (N-methyl/N-ethyl adjacent to an activating group) is 1. The van der Waals surface area contributed by atoms with Gasteiger partial charge in [-0.15, -0.1) is 11.3 Å². The third-order valence-corrected chi connectivity index (χ3v) is 4.89. The monoisotopic (exact) mass is 358 g/mol. The van der Waals surface area contributed by atoms with Crippen molar-refractivity contribution in [2.45, 2.75) is 20.8 Å². The SMILES string of the molecule is CCNC(=O)CNC(=O)c1sc2nc(-c3ccco3)nc(C)c2c1C. The zero-order valence-electron chi connectivity index (χ0n) is 14.2. The molecule has 0 spiro atoms. The molecule has 3 aromatic heterocycles. The van der Waals surface area contributed by atoms with Gasteiger partial charge in [0.25, 0.3) is 5.91 Å². The molecular formula is C17H18N4O3S. The van der Waals surface area contributed by atoms with E-state index in [4.69, 9.17) is 4.42 Å². The number of hydrogen-bond acceptors (Lipinski definition) is 6. The number of carbonyl (C=O) groups is 2. The number of rotatable bonds is 5. The molecule has 130 valence electrons. The first-order chi connectivity index (χ1) is 12.0. The first kappa shape index (κ1) is 17.1. The number of amides is 2. The van der Waals surface area contributed by atoms with Crippen LogP contribution in [-0.2, 0) is 4.79 Å². The lowest BCUT2D eigenvalue weighted by atomic mass is 10.1. The largest absolute Gasteiger partial charge is 0.461 e. The zero-order valence-corrected chi connectivity index (χ0v) is 15.0. The molecule has 0 atom stereocenters. The topological polar surface area (TPSA) is 97.1 Å². The molecule has 0 aromatic carbocycles. The quantitative estimate of drug-likeness (QED) is 0.730. The van der Waals surface area contributed by atoms with Crippen LogP contribution < -0.4 is 10.6 Å². The molecule has 0 saturated heterocycles. The van der Waals surface area contributed by atoms with E-state index in [1.807, 2.05) is 20.8 Å². The Bertz CT molecular complexity index is 931. The highest BCUT2D eigenvalue weighted by atomic mass is 32.1. The predicted molar refractivity (Wildman–Crippen MR) is 95.6 cm³/mol. The first-order valence-electron chi connectivity index (χ1n) is 7.87. The van der Waals surface area contributed by atoms with E-state index in [9.17, 15) is 9.59 Å². The van der Waals surface area contributed by atoms with E-state index in [0.29, 0.717) is 23.0 Å². The van der Waals surface area contributed by atoms with Gasteiger partial charge in [-0.2, -0.15) is 0 Å². The normalized spacial score (nSPS) is 10.8. The molecule has 7 nitrogen and oxygen atoms in total. The Morgan fingerprint density at radius 1 is 1.24 bits per heavy atom. The summed E-state index contributed by atoms with van der Waals surface area (Å²) in [6.45, 7) is 6.05. The van der Waals surface area contributed by atoms with E-state index < -0.39 is 0 Å². The van der Waals surface area contributed by atoms with Gasteiger partial charge in [-0.05, 0) is 38.5 Å². The van der Waals surface area contributed by atoms with Gasteiger partial charge in [-0.25, -0.2) is 9.97 Å². The van der Waals surface area contributed by atoms with Crippen molar-refractivity contribution in [1.82, 2.24) is 20.6 Å². The fourth-order valence-electron chi connectivity index (χ4n) is 2.57. The minimum absolute atomic E-state index is 0.0529. The maximum Gasteiger partial charge on any atom is 0.262 e. The molecule has 2 amide bonds. The Morgan fingerprint density at radius 3 is 2.72 bits per heavy atom. The van der Waals surface area contributed by atoms with Crippen LogP contribution in [0.15, 0.2) is 22.8 Å². The molecule has 3 aromatic rings. The van der Waals surface area contributed by atoms with Gasteiger partial charge < -0.3 is 15.1 Å². The lowest BCUT2D eigenvalue weighted by Gasteiger charge is -2.04. The molecule has 0 radical (unpaired) electrons. The number of hydrogen-bond donors (Lipinski definition) is 2. The van der Waals surface area contributed by atoms with Gasteiger partial charge in [0.15, 0.2) is 11.6 Å². The number of carbonyl (C=O) groups excluding carboxylic acids is 2. The molecule has 0 aliphatic carbocycles. The predicted octanol–water partition coefficient (Wildman–Crippen LogP) is 2.43. The highest BCUT2D eigenvalue weighted by Crippen LogP contribution is 2.32. The molecule has 0 aliphatic rings. The lowest BCUT2D eigenvalue weighted by Crippen LogP contribution is -2.36. The maximum atomic E-state index is 12.4. The van der Waals surface area contributed by atoms with Crippen molar-refractivity contribution < 1.29 is 14.0 Å². The van der Waals surface area contributed by atoms with E-state index in [2.05, 4.69) is 20.6 Å². The fourth-order valence-corrected chi connectivity index (χ4v) is 3.72. The van der Waals surface area contributed by atoms with Crippen molar-refractivity contribution in [3.05, 3.63) is 34.5 Å². The van der Waals surface area contributed by atoms with Crippen molar-refractivity contribution in [2.75, 3.05) is 13.1 Å². The van der Waals surface area contributed by atoms with Crippen LogP contribution >= 0.6 is 11.3 Å². The third kappa shape index (κ3) is 3.39. The Labute approximate surface area is 148 Å². The van der Waals surface area contributed by atoms with Crippen LogP contribution in [0.3, 0.4) is 0 Å². The Balaban J connectivity index is 1.92. The summed E-state index contributed by atoms with van der Waals surface area (Å²) in [5.74, 6) is 0.570. The van der Waals surface area contributed by atoms with Crippen molar-refractivity contribution in [2.24, 2.45) is 0 Å². The van der Waals surface area contributed by atoms with Gasteiger partial charge in [-0.1, -0.05) is 0 Å². The minimum atomic E-state index is -0.286. The summed E-state index contributed by atoms with van der Waals surface area (Å²) in [6.07, 6.45) is 1.57. The van der Waals surface area contributed by atoms with Gasteiger partial charge in [0.05, 0.1) is 23.4 Å². The van der Waals surface area contributed by atoms with Gasteiger partial charge in [0.1, 0.15) is 4.83 Å². The van der Waals surface area contributed by atoms with Gasteiger partial charge in [0.2, 0.25) is 5.91 Å². The summed E-state index contributed by atoms with van der Waals surface area (Å²) < 4.78 is 5.35. The van der Waals surface area contributed by atoms with Gasteiger partial charge in [-0.3, -0.25) is 9.59 Å². The average Bonchev–Trinajstić information content (AvgIpc) is 3.21. The Morgan fingerprint density at radius 2 is 2.04 bits per heavy atom. The zero-order chi connectivity index (χ0) is 18.0. The van der Waals surface area contributed by atoms with Gasteiger partial charge >= 0.3 is 0 Å². The van der Waals surface area contributed by atoms with Gasteiger partial charge in [0, 0.05) is 11.9 Å². The van der Waals surface area contributed by atoms with Crippen molar-refractivity contribution in [3.63, 3.8) is 0 Å². The number of nitrogens with zero attached hydrogens (tertiary/aromatic N) is 2. The minimum Gasteiger partial charge on any atom is -0.461 e. The number of furan rings is 1. The summed E-state index contributed by atoms with van der Waals surface area (Å²) in [5.41, 5.74) is 1.60. The standard InChI is InChI=1S/C17H18N4O3S/c1-4-18-12(22)8-19-16(23)14-9(2)13-10(3)20-15(21-17(13)25-14)11-6-5-7-24-11/h5-7H,4,8H2,1-3H3,(H,18,22)(H,19,23). The van der Waals surface area contributed by atoms with E-state index in [-0.39, 0.29) is 18.4 Å². The highest BCUT2D eigenvalue weighted by molar-refractivity contribution is 7.20. The summed E-state index contributed by atoms with van der Waals surface area (Å²) in [4.78, 5) is 34.2. The van der Waals surface area contributed by atoms with E-state index in [0.717, 1.165) is 21.5 Å². The maximum absolute atomic E-state index is 12.4. The number of aryl methyl sites for hydroxylation is 2. The molecular weight excluding hydrogens is 340 g/mol. The smallest absolute Gasteiger partial charge is 0.262 e. The number of thiophene rings is 1. The lowest BCUT2D eigenvalue weighted by molar-refractivity contribution is -0.120. The average molecular weight is 358 g/mol. The second kappa shape index (κ2) is 7.02. The third-order valence-electron chi connectivity index (χ3n) is 3.70. The van der Waals surface area contributed by atoms with Crippen LogP contribution in [0.5, 0.6) is 0 Å². The highest BCUT2D eigenvalue weighted by Gasteiger charge is 2.20. The molecule has 0 fully saturated rings.